The van der Waals surface area contributed by atoms with Crippen LogP contribution in [-0.4, -0.2) is 51.0 Å². The summed E-state index contributed by atoms with van der Waals surface area (Å²) in [5, 5.41) is 3.82. The number of likely N-dealkylation sites (N-methyl/N-ethyl adjacent to an activating group) is 1. The fourth-order valence-corrected chi connectivity index (χ4v) is 6.11. The van der Waals surface area contributed by atoms with Crippen molar-refractivity contribution in [3.8, 4) is 0 Å². The Hall–Kier alpha value is -2.78. The van der Waals surface area contributed by atoms with Gasteiger partial charge >= 0.3 is 0 Å². The van der Waals surface area contributed by atoms with Crippen molar-refractivity contribution in [2.45, 2.75) is 38.8 Å². The number of rotatable bonds is 12. The van der Waals surface area contributed by atoms with E-state index in [1.807, 2.05) is 30.3 Å². The molecule has 0 unspecified atom stereocenters. The van der Waals surface area contributed by atoms with Crippen molar-refractivity contribution in [3.63, 3.8) is 0 Å². The van der Waals surface area contributed by atoms with Crippen LogP contribution in [0.4, 0.5) is 5.69 Å². The van der Waals surface area contributed by atoms with Crippen molar-refractivity contribution in [2.24, 2.45) is 0 Å². The molecule has 3 rings (SSSR count). The predicted molar refractivity (Wildman–Crippen MR) is 163 cm³/mol. The molecular formula is C29H32Cl3N3O4S. The van der Waals surface area contributed by atoms with Gasteiger partial charge < -0.3 is 10.2 Å². The molecule has 3 aromatic rings. The number of hydrogen-bond acceptors (Lipinski definition) is 4. The number of carbonyl (C=O) groups is 2. The molecule has 0 aliphatic carbocycles. The lowest BCUT2D eigenvalue weighted by Crippen LogP contribution is -2.50. The molecule has 0 aromatic heterocycles. The highest BCUT2D eigenvalue weighted by molar-refractivity contribution is 7.92. The van der Waals surface area contributed by atoms with Crippen molar-refractivity contribution in [1.29, 1.82) is 0 Å². The molecule has 214 valence electrons. The molecular weight excluding hydrogens is 593 g/mol. The second kappa shape index (κ2) is 14.2. The van der Waals surface area contributed by atoms with E-state index in [-0.39, 0.29) is 44.2 Å². The minimum absolute atomic E-state index is 0.00541. The van der Waals surface area contributed by atoms with Crippen LogP contribution < -0.4 is 9.62 Å². The number of halogens is 3. The number of anilines is 1. The Morgan fingerprint density at radius 2 is 1.60 bits per heavy atom. The summed E-state index contributed by atoms with van der Waals surface area (Å²) in [6, 6.07) is 18.6. The minimum atomic E-state index is -3.66. The average molecular weight is 625 g/mol. The second-order valence-electron chi connectivity index (χ2n) is 9.41. The maximum Gasteiger partial charge on any atom is 0.242 e. The number of aryl methyl sites for hydroxylation is 1. The average Bonchev–Trinajstić information content (AvgIpc) is 2.91. The third-order valence-corrected chi connectivity index (χ3v) is 8.62. The van der Waals surface area contributed by atoms with E-state index in [1.165, 1.54) is 16.3 Å². The van der Waals surface area contributed by atoms with Crippen LogP contribution in [0.15, 0.2) is 66.7 Å². The molecule has 0 spiro atoms. The Labute approximate surface area is 251 Å². The Morgan fingerprint density at radius 3 is 2.20 bits per heavy atom. The van der Waals surface area contributed by atoms with E-state index in [1.54, 1.807) is 43.3 Å². The maximum atomic E-state index is 13.8. The molecule has 0 fully saturated rings. The highest BCUT2D eigenvalue weighted by Crippen LogP contribution is 2.29. The monoisotopic (exact) mass is 623 g/mol. The molecule has 0 radical (unpaired) electrons. The Bertz CT molecular complexity index is 1430. The Kier molecular flexibility index (Phi) is 11.3. The molecule has 3 aromatic carbocycles. The summed E-state index contributed by atoms with van der Waals surface area (Å²) < 4.78 is 26.6. The van der Waals surface area contributed by atoms with E-state index in [0.29, 0.717) is 26.3 Å². The van der Waals surface area contributed by atoms with Crippen molar-refractivity contribution in [1.82, 2.24) is 10.2 Å². The first-order valence-electron chi connectivity index (χ1n) is 12.6. The maximum absolute atomic E-state index is 13.8. The topological polar surface area (TPSA) is 86.8 Å². The molecule has 40 heavy (non-hydrogen) atoms. The van der Waals surface area contributed by atoms with E-state index in [4.69, 9.17) is 34.8 Å². The Morgan fingerprint density at radius 1 is 0.950 bits per heavy atom. The SMILES string of the molecule is CNC(=O)[C@H](Cc1ccccc1)N(Cc1c(Cl)cccc1Cl)C(=O)CCCN(c1cc(Cl)ccc1C)S(C)(=O)=O. The molecule has 0 aliphatic rings. The van der Waals surface area contributed by atoms with Crippen molar-refractivity contribution >= 4 is 62.3 Å². The van der Waals surface area contributed by atoms with Crippen LogP contribution in [0.25, 0.3) is 0 Å². The summed E-state index contributed by atoms with van der Waals surface area (Å²) in [6.07, 6.45) is 1.57. The molecule has 1 N–H and O–H groups in total. The molecule has 0 saturated carbocycles. The summed E-state index contributed by atoms with van der Waals surface area (Å²) in [5.41, 5.74) is 2.58. The van der Waals surface area contributed by atoms with Gasteiger partial charge in [-0.3, -0.25) is 13.9 Å². The van der Waals surface area contributed by atoms with Crippen LogP contribution in [-0.2, 0) is 32.6 Å². The smallest absolute Gasteiger partial charge is 0.242 e. The predicted octanol–water partition coefficient (Wildman–Crippen LogP) is 5.89. The molecule has 0 heterocycles. The van der Waals surface area contributed by atoms with Crippen molar-refractivity contribution in [2.75, 3.05) is 24.2 Å². The quantitative estimate of drug-likeness (QED) is 0.272. The second-order valence-corrected chi connectivity index (χ2v) is 12.6. The lowest BCUT2D eigenvalue weighted by atomic mass is 10.0. The Balaban J connectivity index is 1.91. The van der Waals surface area contributed by atoms with Crippen LogP contribution in [0.3, 0.4) is 0 Å². The summed E-state index contributed by atoms with van der Waals surface area (Å²) >= 11 is 19.0. The molecule has 0 aliphatic heterocycles. The van der Waals surface area contributed by atoms with Crippen LogP contribution >= 0.6 is 34.8 Å². The molecule has 11 heteroatoms. The largest absolute Gasteiger partial charge is 0.357 e. The van der Waals surface area contributed by atoms with E-state index < -0.39 is 16.1 Å². The number of carbonyl (C=O) groups excluding carboxylic acids is 2. The van der Waals surface area contributed by atoms with Crippen LogP contribution in [0.1, 0.15) is 29.5 Å². The molecule has 0 bridgehead atoms. The number of nitrogens with zero attached hydrogens (tertiary/aromatic N) is 2. The summed E-state index contributed by atoms with van der Waals surface area (Å²) in [6.45, 7) is 1.85. The molecule has 7 nitrogen and oxygen atoms in total. The van der Waals surface area contributed by atoms with E-state index in [9.17, 15) is 18.0 Å². The van der Waals surface area contributed by atoms with Gasteiger partial charge in [0.05, 0.1) is 11.9 Å². The fourth-order valence-electron chi connectivity index (χ4n) is 4.41. The lowest BCUT2D eigenvalue weighted by Gasteiger charge is -2.32. The number of amides is 2. The zero-order valence-electron chi connectivity index (χ0n) is 22.5. The highest BCUT2D eigenvalue weighted by Gasteiger charge is 2.31. The van der Waals surface area contributed by atoms with Gasteiger partial charge in [0.15, 0.2) is 0 Å². The summed E-state index contributed by atoms with van der Waals surface area (Å²) in [5.74, 6) is -0.676. The number of benzene rings is 3. The van der Waals surface area contributed by atoms with Crippen LogP contribution in [0.5, 0.6) is 0 Å². The van der Waals surface area contributed by atoms with E-state index >= 15 is 0 Å². The summed E-state index contributed by atoms with van der Waals surface area (Å²) in [4.78, 5) is 28.4. The normalized spacial score (nSPS) is 12.1. The van der Waals surface area contributed by atoms with Gasteiger partial charge in [-0.15, -0.1) is 0 Å². The van der Waals surface area contributed by atoms with Crippen molar-refractivity contribution in [3.05, 3.63) is 98.5 Å². The fraction of sp³-hybridized carbons (Fsp3) is 0.310. The highest BCUT2D eigenvalue weighted by atomic mass is 35.5. The summed E-state index contributed by atoms with van der Waals surface area (Å²) in [7, 11) is -2.14. The van der Waals surface area contributed by atoms with Gasteiger partial charge in [0.1, 0.15) is 6.04 Å². The number of nitrogens with one attached hydrogen (secondary N) is 1. The van der Waals surface area contributed by atoms with Gasteiger partial charge in [-0.05, 0) is 48.7 Å². The third-order valence-electron chi connectivity index (χ3n) is 6.50. The number of sulfonamides is 1. The lowest BCUT2D eigenvalue weighted by molar-refractivity contribution is -0.141. The van der Waals surface area contributed by atoms with Crippen molar-refractivity contribution < 1.29 is 18.0 Å². The standard InChI is InChI=1S/C29H32Cl3N3O4S/c1-20-14-15-22(30)18-26(20)35(40(3,38)39)16-8-13-28(36)34(19-23-24(31)11-7-12-25(23)32)27(29(37)33-2)17-21-9-5-4-6-10-21/h4-7,9-12,14-15,18,27H,8,13,16-17,19H2,1-3H3,(H,33,37)/t27-/m0/s1. The first-order valence-corrected chi connectivity index (χ1v) is 15.6. The molecule has 0 saturated heterocycles. The van der Waals surface area contributed by atoms with Gasteiger partial charge in [0, 0.05) is 53.6 Å². The first kappa shape index (κ1) is 31.7. The minimum Gasteiger partial charge on any atom is -0.357 e. The van der Waals surface area contributed by atoms with E-state index in [2.05, 4.69) is 5.32 Å². The third kappa shape index (κ3) is 8.36. The number of hydrogen-bond donors (Lipinski definition) is 1. The van der Waals surface area contributed by atoms with Gasteiger partial charge in [-0.1, -0.05) is 77.3 Å². The molecule has 2 amide bonds. The molecule has 1 atom stereocenters. The van der Waals surface area contributed by atoms with Gasteiger partial charge in [-0.25, -0.2) is 8.42 Å². The van der Waals surface area contributed by atoms with Gasteiger partial charge in [0.2, 0.25) is 21.8 Å². The van der Waals surface area contributed by atoms with Gasteiger partial charge in [-0.2, -0.15) is 0 Å². The van der Waals surface area contributed by atoms with Gasteiger partial charge in [0.25, 0.3) is 0 Å². The van der Waals surface area contributed by atoms with E-state index in [0.717, 1.165) is 17.4 Å². The zero-order chi connectivity index (χ0) is 29.4. The first-order chi connectivity index (χ1) is 18.9. The van der Waals surface area contributed by atoms with Crippen LogP contribution in [0.2, 0.25) is 15.1 Å². The van der Waals surface area contributed by atoms with Crippen LogP contribution in [0, 0.1) is 6.92 Å². The zero-order valence-corrected chi connectivity index (χ0v) is 25.6.